The lowest BCUT2D eigenvalue weighted by molar-refractivity contribution is -0.286. The van der Waals surface area contributed by atoms with Gasteiger partial charge in [-0.1, -0.05) is 6.07 Å². The van der Waals surface area contributed by atoms with E-state index in [0.29, 0.717) is 30.8 Å². The van der Waals surface area contributed by atoms with Crippen LogP contribution in [0.1, 0.15) is 48.0 Å². The van der Waals surface area contributed by atoms with E-state index in [4.69, 9.17) is 14.2 Å². The number of methoxy groups -OCH3 is 2. The van der Waals surface area contributed by atoms with Crippen LogP contribution in [-0.2, 0) is 9.53 Å². The summed E-state index contributed by atoms with van der Waals surface area (Å²) in [5, 5.41) is 3.00. The summed E-state index contributed by atoms with van der Waals surface area (Å²) in [6.07, 6.45) is -2.44. The van der Waals surface area contributed by atoms with Gasteiger partial charge in [-0.3, -0.25) is 9.59 Å². The molecular formula is C24H25F2NO7. The Balaban J connectivity index is 1.57. The molecule has 2 aromatic carbocycles. The monoisotopic (exact) mass is 477 g/mol. The number of fused-ring (bicyclic) bond motifs is 1. The molecule has 182 valence electrons. The number of nitrogens with one attached hydrogen (secondary N) is 1. The van der Waals surface area contributed by atoms with E-state index in [1.54, 1.807) is 13.2 Å². The minimum atomic E-state index is -3.76. The Morgan fingerprint density at radius 2 is 1.74 bits per heavy atom. The number of benzene rings is 2. The fourth-order valence-corrected chi connectivity index (χ4v) is 4.44. The first-order valence-electron chi connectivity index (χ1n) is 10.8. The summed E-state index contributed by atoms with van der Waals surface area (Å²) < 4.78 is 51.7. The van der Waals surface area contributed by atoms with Crippen LogP contribution < -0.4 is 24.3 Å². The summed E-state index contributed by atoms with van der Waals surface area (Å²) >= 11 is 0. The van der Waals surface area contributed by atoms with Crippen LogP contribution in [0.25, 0.3) is 0 Å². The highest BCUT2D eigenvalue weighted by Crippen LogP contribution is 2.42. The fourth-order valence-electron chi connectivity index (χ4n) is 4.44. The number of ether oxygens (including phenoxy) is 5. The van der Waals surface area contributed by atoms with Crippen molar-refractivity contribution in [3.8, 4) is 23.0 Å². The number of esters is 1. The largest absolute Gasteiger partial charge is 0.586 e. The predicted octanol–water partition coefficient (Wildman–Crippen LogP) is 4.02. The number of amides is 1. The maximum Gasteiger partial charge on any atom is 0.586 e. The maximum absolute atomic E-state index is 13.3. The highest BCUT2D eigenvalue weighted by molar-refractivity contribution is 5.95. The van der Waals surface area contributed by atoms with Crippen molar-refractivity contribution in [3.05, 3.63) is 47.5 Å². The lowest BCUT2D eigenvalue weighted by Gasteiger charge is -2.36. The van der Waals surface area contributed by atoms with Crippen LogP contribution in [0.2, 0.25) is 0 Å². The molecule has 4 rings (SSSR count). The molecule has 2 aromatic rings. The number of alkyl halides is 2. The molecule has 8 nitrogen and oxygen atoms in total. The van der Waals surface area contributed by atoms with Gasteiger partial charge in [-0.25, -0.2) is 0 Å². The fraction of sp³-hybridized carbons (Fsp3) is 0.417. The summed E-state index contributed by atoms with van der Waals surface area (Å²) in [5.74, 6) is -0.231. The van der Waals surface area contributed by atoms with Gasteiger partial charge >= 0.3 is 12.3 Å². The minimum Gasteiger partial charge on any atom is -0.493 e. The molecule has 1 amide bonds. The Bertz CT molecular complexity index is 1090. The number of rotatable bonds is 6. The Hall–Kier alpha value is -3.56. The summed E-state index contributed by atoms with van der Waals surface area (Å²) in [6.45, 7) is 1.36. The van der Waals surface area contributed by atoms with E-state index < -0.39 is 12.2 Å². The third-order valence-electron chi connectivity index (χ3n) is 5.95. The van der Waals surface area contributed by atoms with Crippen LogP contribution in [0.15, 0.2) is 36.4 Å². The molecular weight excluding hydrogens is 452 g/mol. The number of halogens is 2. The highest BCUT2D eigenvalue weighted by Gasteiger charge is 2.43. The first-order chi connectivity index (χ1) is 16.2. The molecule has 0 aromatic heterocycles. The van der Waals surface area contributed by atoms with Gasteiger partial charge < -0.3 is 29.0 Å². The van der Waals surface area contributed by atoms with Crippen molar-refractivity contribution >= 4 is 11.9 Å². The van der Waals surface area contributed by atoms with Crippen molar-refractivity contribution < 1.29 is 42.1 Å². The second kappa shape index (κ2) is 9.36. The van der Waals surface area contributed by atoms with E-state index in [1.807, 2.05) is 12.1 Å². The number of hydrogen-bond acceptors (Lipinski definition) is 7. The molecule has 1 fully saturated rings. The van der Waals surface area contributed by atoms with Gasteiger partial charge in [0.25, 0.3) is 5.91 Å². The van der Waals surface area contributed by atoms with Gasteiger partial charge in [0.05, 0.1) is 14.2 Å². The molecule has 34 heavy (non-hydrogen) atoms. The van der Waals surface area contributed by atoms with Gasteiger partial charge in [0, 0.05) is 24.4 Å². The predicted molar refractivity (Wildman–Crippen MR) is 116 cm³/mol. The van der Waals surface area contributed by atoms with Crippen molar-refractivity contribution in [3.63, 3.8) is 0 Å². The van der Waals surface area contributed by atoms with Crippen LogP contribution in [0.3, 0.4) is 0 Å². The second-order valence-electron chi connectivity index (χ2n) is 8.17. The van der Waals surface area contributed by atoms with Gasteiger partial charge in [-0.05, 0) is 55.2 Å². The van der Waals surface area contributed by atoms with E-state index in [0.717, 1.165) is 5.56 Å². The van der Waals surface area contributed by atoms with Crippen molar-refractivity contribution in [1.82, 2.24) is 5.32 Å². The van der Waals surface area contributed by atoms with E-state index in [1.165, 1.54) is 32.2 Å². The molecule has 1 N–H and O–H groups in total. The molecule has 1 saturated carbocycles. The van der Waals surface area contributed by atoms with Crippen molar-refractivity contribution in [1.29, 1.82) is 0 Å². The van der Waals surface area contributed by atoms with Crippen molar-refractivity contribution in [2.24, 2.45) is 0 Å². The van der Waals surface area contributed by atoms with E-state index in [-0.39, 0.29) is 41.1 Å². The lowest BCUT2D eigenvalue weighted by atomic mass is 9.78. The van der Waals surface area contributed by atoms with Gasteiger partial charge in [-0.15, -0.1) is 8.78 Å². The maximum atomic E-state index is 13.3. The number of carbonyl (C=O) groups is 2. The second-order valence-corrected chi connectivity index (χ2v) is 8.17. The van der Waals surface area contributed by atoms with Gasteiger partial charge in [0.2, 0.25) is 0 Å². The molecule has 0 bridgehead atoms. The van der Waals surface area contributed by atoms with Crippen LogP contribution in [-0.4, -0.2) is 44.5 Å². The summed E-state index contributed by atoms with van der Waals surface area (Å²) in [5.41, 5.74) is 1.04. The SMILES string of the molecule is COc1ccc(C2CC(OC(C)=O)CCC2NC(=O)c2ccc3c(c2)OC(F)(F)O3)cc1OC. The standard InChI is InChI=1S/C24H25F2NO7/c1-13(28)32-16-6-7-18(17(12-16)14-4-8-19(30-2)21(10-14)31-3)27-23(29)15-5-9-20-22(11-15)34-24(25,26)33-20/h4-5,8-11,16-18H,6-7,12H2,1-3H3,(H,27,29). The molecule has 0 radical (unpaired) electrons. The lowest BCUT2D eigenvalue weighted by Crippen LogP contribution is -2.44. The quantitative estimate of drug-likeness (QED) is 0.628. The van der Waals surface area contributed by atoms with Gasteiger partial charge in [0.15, 0.2) is 23.0 Å². The molecule has 3 atom stereocenters. The summed E-state index contributed by atoms with van der Waals surface area (Å²) in [6, 6.07) is 9.08. The van der Waals surface area contributed by atoms with Gasteiger partial charge in [-0.2, -0.15) is 0 Å². The Morgan fingerprint density at radius 1 is 1.00 bits per heavy atom. The zero-order valence-corrected chi connectivity index (χ0v) is 18.9. The highest BCUT2D eigenvalue weighted by atomic mass is 19.3. The Kier molecular flexibility index (Phi) is 6.49. The van der Waals surface area contributed by atoms with Crippen LogP contribution >= 0.6 is 0 Å². The smallest absolute Gasteiger partial charge is 0.493 e. The summed E-state index contributed by atoms with van der Waals surface area (Å²) in [4.78, 5) is 24.5. The average Bonchev–Trinajstić information content (AvgIpc) is 3.12. The van der Waals surface area contributed by atoms with E-state index in [2.05, 4.69) is 14.8 Å². The van der Waals surface area contributed by atoms with Crippen molar-refractivity contribution in [2.45, 2.75) is 50.5 Å². The first kappa shape index (κ1) is 23.6. The number of hydrogen-bond donors (Lipinski definition) is 1. The first-order valence-corrected chi connectivity index (χ1v) is 10.8. The molecule has 10 heteroatoms. The zero-order valence-electron chi connectivity index (χ0n) is 18.9. The molecule has 1 aliphatic carbocycles. The molecule has 1 aliphatic heterocycles. The van der Waals surface area contributed by atoms with Crippen molar-refractivity contribution in [2.75, 3.05) is 14.2 Å². The molecule has 1 heterocycles. The molecule has 3 unspecified atom stereocenters. The van der Waals surface area contributed by atoms with Crippen LogP contribution in [0, 0.1) is 0 Å². The van der Waals surface area contributed by atoms with Crippen LogP contribution in [0.4, 0.5) is 8.78 Å². The van der Waals surface area contributed by atoms with E-state index >= 15 is 0 Å². The molecule has 0 spiro atoms. The summed E-state index contributed by atoms with van der Waals surface area (Å²) in [7, 11) is 3.08. The third-order valence-corrected chi connectivity index (χ3v) is 5.95. The molecule has 0 saturated heterocycles. The van der Waals surface area contributed by atoms with Crippen LogP contribution in [0.5, 0.6) is 23.0 Å². The van der Waals surface area contributed by atoms with Gasteiger partial charge in [0.1, 0.15) is 6.10 Å². The molecule has 2 aliphatic rings. The normalized spacial score (nSPS) is 22.6. The Labute approximate surface area is 195 Å². The average molecular weight is 477 g/mol. The third kappa shape index (κ3) is 5.00. The zero-order chi connectivity index (χ0) is 24.5. The Morgan fingerprint density at radius 3 is 2.44 bits per heavy atom. The number of carbonyl (C=O) groups excluding carboxylic acids is 2. The topological polar surface area (TPSA) is 92.3 Å². The minimum absolute atomic E-state index is 0.133. The van der Waals surface area contributed by atoms with E-state index in [9.17, 15) is 18.4 Å².